The van der Waals surface area contributed by atoms with Crippen LogP contribution in [0.25, 0.3) is 5.76 Å². The van der Waals surface area contributed by atoms with Crippen molar-refractivity contribution in [2.45, 2.75) is 46.1 Å². The van der Waals surface area contributed by atoms with Crippen LogP contribution in [0.15, 0.2) is 72.3 Å². The van der Waals surface area contributed by atoms with Gasteiger partial charge in [-0.1, -0.05) is 39.0 Å². The minimum atomic E-state index is -0.928. The summed E-state index contributed by atoms with van der Waals surface area (Å²) in [5.41, 5.74) is 2.38. The van der Waals surface area contributed by atoms with Crippen LogP contribution in [0, 0.1) is 0 Å². The SMILES string of the molecule is CCOc1ccc(/C(O)=C2/C(=O)C(=O)N(c3cccc(NC(C)=O)c3)C2c2ccc(OC)cc2)cc1C(C)(C)C. The van der Waals surface area contributed by atoms with Crippen LogP contribution in [0.1, 0.15) is 57.4 Å². The van der Waals surface area contributed by atoms with Crippen molar-refractivity contribution < 1.29 is 29.0 Å². The number of nitrogens with one attached hydrogen (secondary N) is 1. The fourth-order valence-corrected chi connectivity index (χ4v) is 4.84. The lowest BCUT2D eigenvalue weighted by molar-refractivity contribution is -0.132. The van der Waals surface area contributed by atoms with Gasteiger partial charge in [0.25, 0.3) is 11.7 Å². The van der Waals surface area contributed by atoms with Gasteiger partial charge in [-0.05, 0) is 66.4 Å². The van der Waals surface area contributed by atoms with E-state index in [0.29, 0.717) is 40.6 Å². The standard InChI is InChI=1S/C32H34N2O6/c1-7-40-26-16-13-21(17-25(26)32(3,4)5)29(36)27-28(20-11-14-24(39-6)15-12-20)34(31(38)30(27)37)23-10-8-9-22(18-23)33-19(2)35/h8-18,28,36H,7H2,1-6H3,(H,33,35)/b29-27-. The molecule has 1 unspecified atom stereocenters. The van der Waals surface area contributed by atoms with Gasteiger partial charge < -0.3 is 19.9 Å². The zero-order chi connectivity index (χ0) is 29.2. The number of ether oxygens (including phenoxy) is 2. The first-order chi connectivity index (χ1) is 19.0. The lowest BCUT2D eigenvalue weighted by Gasteiger charge is -2.26. The maximum absolute atomic E-state index is 13.6. The van der Waals surface area contributed by atoms with Gasteiger partial charge in [-0.3, -0.25) is 19.3 Å². The fourth-order valence-electron chi connectivity index (χ4n) is 4.84. The number of amides is 2. The number of hydrogen-bond donors (Lipinski definition) is 2. The van der Waals surface area contributed by atoms with E-state index in [0.717, 1.165) is 5.56 Å². The molecule has 4 rings (SSSR count). The normalized spacial score (nSPS) is 16.6. The van der Waals surface area contributed by atoms with Gasteiger partial charge in [-0.15, -0.1) is 0 Å². The third-order valence-electron chi connectivity index (χ3n) is 6.68. The lowest BCUT2D eigenvalue weighted by Crippen LogP contribution is -2.29. The molecule has 3 aromatic rings. The smallest absolute Gasteiger partial charge is 0.300 e. The summed E-state index contributed by atoms with van der Waals surface area (Å²) in [6.45, 7) is 9.87. The number of carbonyl (C=O) groups excluding carboxylic acids is 3. The number of nitrogens with zero attached hydrogens (tertiary/aromatic N) is 1. The summed E-state index contributed by atoms with van der Waals surface area (Å²) < 4.78 is 11.1. The first-order valence-corrected chi connectivity index (χ1v) is 13.1. The molecule has 8 nitrogen and oxygen atoms in total. The Balaban J connectivity index is 1.93. The molecule has 0 aliphatic carbocycles. The largest absolute Gasteiger partial charge is 0.507 e. The Labute approximate surface area is 234 Å². The molecule has 2 N–H and O–H groups in total. The first-order valence-electron chi connectivity index (χ1n) is 13.1. The Morgan fingerprint density at radius 1 is 1.02 bits per heavy atom. The van der Waals surface area contributed by atoms with Crippen molar-refractivity contribution in [2.24, 2.45) is 0 Å². The number of ketones is 1. The highest BCUT2D eigenvalue weighted by atomic mass is 16.5. The van der Waals surface area contributed by atoms with Crippen molar-refractivity contribution in [3.8, 4) is 11.5 Å². The van der Waals surface area contributed by atoms with E-state index in [1.807, 2.05) is 27.7 Å². The number of rotatable bonds is 7. The Morgan fingerprint density at radius 3 is 2.33 bits per heavy atom. The van der Waals surface area contributed by atoms with Gasteiger partial charge in [0, 0.05) is 29.4 Å². The monoisotopic (exact) mass is 542 g/mol. The van der Waals surface area contributed by atoms with E-state index in [4.69, 9.17) is 9.47 Å². The number of carbonyl (C=O) groups is 3. The molecule has 8 heteroatoms. The van der Waals surface area contributed by atoms with Crippen LogP contribution in [0.3, 0.4) is 0 Å². The molecule has 0 radical (unpaired) electrons. The average Bonchev–Trinajstić information content (AvgIpc) is 3.18. The van der Waals surface area contributed by atoms with E-state index in [1.54, 1.807) is 73.8 Å². The fraction of sp³-hybridized carbons (Fsp3) is 0.281. The molecule has 0 saturated carbocycles. The van der Waals surface area contributed by atoms with E-state index < -0.39 is 17.7 Å². The number of hydrogen-bond acceptors (Lipinski definition) is 6. The molecule has 1 aliphatic rings. The van der Waals surface area contributed by atoms with Gasteiger partial charge in [-0.2, -0.15) is 0 Å². The van der Waals surface area contributed by atoms with Crippen molar-refractivity contribution in [1.29, 1.82) is 0 Å². The number of anilines is 2. The number of benzene rings is 3. The molecule has 1 atom stereocenters. The maximum atomic E-state index is 13.6. The molecule has 1 saturated heterocycles. The van der Waals surface area contributed by atoms with Crippen LogP contribution >= 0.6 is 0 Å². The van der Waals surface area contributed by atoms with Gasteiger partial charge in [0.1, 0.15) is 17.3 Å². The summed E-state index contributed by atoms with van der Waals surface area (Å²) in [6.07, 6.45) is 0. The highest BCUT2D eigenvalue weighted by molar-refractivity contribution is 6.51. The summed E-state index contributed by atoms with van der Waals surface area (Å²) in [6, 6.07) is 18.0. The maximum Gasteiger partial charge on any atom is 0.300 e. The minimum Gasteiger partial charge on any atom is -0.507 e. The van der Waals surface area contributed by atoms with E-state index in [2.05, 4.69) is 5.32 Å². The van der Waals surface area contributed by atoms with Crippen LogP contribution in [0.4, 0.5) is 11.4 Å². The van der Waals surface area contributed by atoms with Crippen LogP contribution in [-0.4, -0.2) is 36.4 Å². The first kappa shape index (κ1) is 28.4. The Kier molecular flexibility index (Phi) is 8.00. The van der Waals surface area contributed by atoms with Crippen LogP contribution in [0.2, 0.25) is 0 Å². The van der Waals surface area contributed by atoms with Gasteiger partial charge in [0.2, 0.25) is 5.91 Å². The summed E-state index contributed by atoms with van der Waals surface area (Å²) in [7, 11) is 1.55. The molecule has 0 aromatic heterocycles. The van der Waals surface area contributed by atoms with Crippen molar-refractivity contribution in [3.05, 3.63) is 89.0 Å². The summed E-state index contributed by atoms with van der Waals surface area (Å²) in [4.78, 5) is 40.2. The predicted octanol–water partition coefficient (Wildman–Crippen LogP) is 5.98. The summed E-state index contributed by atoms with van der Waals surface area (Å²) in [5.74, 6) is -0.855. The minimum absolute atomic E-state index is 0.0379. The zero-order valence-corrected chi connectivity index (χ0v) is 23.6. The Hall–Kier alpha value is -4.59. The van der Waals surface area contributed by atoms with Crippen molar-refractivity contribution >= 4 is 34.7 Å². The second kappa shape index (κ2) is 11.3. The Bertz CT molecular complexity index is 1480. The molecule has 3 aromatic carbocycles. The van der Waals surface area contributed by atoms with E-state index >= 15 is 0 Å². The molecule has 40 heavy (non-hydrogen) atoms. The van der Waals surface area contributed by atoms with Crippen molar-refractivity contribution in [1.82, 2.24) is 0 Å². The van der Waals surface area contributed by atoms with Crippen molar-refractivity contribution in [3.63, 3.8) is 0 Å². The van der Waals surface area contributed by atoms with Crippen molar-refractivity contribution in [2.75, 3.05) is 23.9 Å². The predicted molar refractivity (Wildman–Crippen MR) is 155 cm³/mol. The Morgan fingerprint density at radius 2 is 1.73 bits per heavy atom. The molecule has 0 spiro atoms. The third-order valence-corrected chi connectivity index (χ3v) is 6.68. The van der Waals surface area contributed by atoms with Gasteiger partial charge in [-0.25, -0.2) is 0 Å². The average molecular weight is 543 g/mol. The number of aliphatic hydroxyl groups is 1. The van der Waals surface area contributed by atoms with E-state index in [-0.39, 0.29) is 22.7 Å². The molecule has 1 fully saturated rings. The second-order valence-corrected chi connectivity index (χ2v) is 10.6. The molecular weight excluding hydrogens is 508 g/mol. The molecule has 2 amide bonds. The lowest BCUT2D eigenvalue weighted by atomic mass is 9.84. The zero-order valence-electron chi connectivity index (χ0n) is 23.6. The molecule has 1 aliphatic heterocycles. The molecule has 0 bridgehead atoms. The summed E-state index contributed by atoms with van der Waals surface area (Å²) >= 11 is 0. The van der Waals surface area contributed by atoms with Gasteiger partial charge in [0.15, 0.2) is 0 Å². The van der Waals surface area contributed by atoms with Gasteiger partial charge >= 0.3 is 0 Å². The number of methoxy groups -OCH3 is 1. The second-order valence-electron chi connectivity index (χ2n) is 10.6. The quantitative estimate of drug-likeness (QED) is 0.216. The third kappa shape index (κ3) is 5.57. The number of aliphatic hydroxyl groups excluding tert-OH is 1. The van der Waals surface area contributed by atoms with Crippen LogP contribution < -0.4 is 19.7 Å². The summed E-state index contributed by atoms with van der Waals surface area (Å²) in [5, 5.41) is 14.4. The number of Topliss-reactive ketones (excluding diaryl/α,β-unsaturated/α-hetero) is 1. The van der Waals surface area contributed by atoms with Crippen LogP contribution in [-0.2, 0) is 19.8 Å². The molecule has 208 valence electrons. The van der Waals surface area contributed by atoms with E-state index in [1.165, 1.54) is 11.8 Å². The van der Waals surface area contributed by atoms with Crippen LogP contribution in [0.5, 0.6) is 11.5 Å². The molecule has 1 heterocycles. The highest BCUT2D eigenvalue weighted by Gasteiger charge is 2.47. The molecular formula is C32H34N2O6. The van der Waals surface area contributed by atoms with E-state index in [9.17, 15) is 19.5 Å². The van der Waals surface area contributed by atoms with Gasteiger partial charge in [0.05, 0.1) is 25.3 Å². The topological polar surface area (TPSA) is 105 Å². The highest BCUT2D eigenvalue weighted by Crippen LogP contribution is 2.44.